The zero-order valence-electron chi connectivity index (χ0n) is 10.1. The van der Waals surface area contributed by atoms with E-state index in [4.69, 9.17) is 4.74 Å². The number of amides is 1. The van der Waals surface area contributed by atoms with Crippen LogP contribution in [0.3, 0.4) is 0 Å². The van der Waals surface area contributed by atoms with Gasteiger partial charge in [-0.05, 0) is 24.3 Å². The highest BCUT2D eigenvalue weighted by Crippen LogP contribution is 2.32. The van der Waals surface area contributed by atoms with Crippen LogP contribution in [0.15, 0.2) is 42.5 Å². The van der Waals surface area contributed by atoms with Gasteiger partial charge in [0, 0.05) is 6.92 Å². The summed E-state index contributed by atoms with van der Waals surface area (Å²) in [7, 11) is 0. The van der Waals surface area contributed by atoms with Gasteiger partial charge in [0.15, 0.2) is 23.1 Å². The molecule has 0 aromatic heterocycles. The predicted octanol–water partition coefficient (Wildman–Crippen LogP) is 3.72. The predicted molar refractivity (Wildman–Crippen MR) is 67.2 cm³/mol. The van der Waals surface area contributed by atoms with E-state index in [9.17, 15) is 13.6 Å². The van der Waals surface area contributed by atoms with Crippen molar-refractivity contribution >= 4 is 11.6 Å². The SMILES string of the molecule is CC(=O)Nc1ccccc1Oc1c(F)cccc1F. The molecule has 5 heteroatoms. The van der Waals surface area contributed by atoms with E-state index in [2.05, 4.69) is 5.32 Å². The molecule has 0 saturated carbocycles. The molecule has 0 aliphatic heterocycles. The van der Waals surface area contributed by atoms with Crippen LogP contribution in [0.4, 0.5) is 14.5 Å². The van der Waals surface area contributed by atoms with Crippen LogP contribution in [-0.4, -0.2) is 5.91 Å². The van der Waals surface area contributed by atoms with Crippen LogP contribution in [-0.2, 0) is 4.79 Å². The second-order valence-corrected chi connectivity index (χ2v) is 3.83. The van der Waals surface area contributed by atoms with E-state index in [0.29, 0.717) is 5.69 Å². The smallest absolute Gasteiger partial charge is 0.221 e. The number of carbonyl (C=O) groups is 1. The van der Waals surface area contributed by atoms with Crippen LogP contribution >= 0.6 is 0 Å². The minimum absolute atomic E-state index is 0.168. The second kappa shape index (κ2) is 5.48. The molecule has 0 aliphatic carbocycles. The van der Waals surface area contributed by atoms with Gasteiger partial charge in [0.2, 0.25) is 5.91 Å². The number of ether oxygens (including phenoxy) is 1. The Bertz CT molecular complexity index is 594. The summed E-state index contributed by atoms with van der Waals surface area (Å²) in [5.41, 5.74) is 0.345. The zero-order valence-corrected chi connectivity index (χ0v) is 10.1. The first-order chi connectivity index (χ1) is 9.08. The number of para-hydroxylation sites is 3. The summed E-state index contributed by atoms with van der Waals surface area (Å²) in [6.07, 6.45) is 0. The van der Waals surface area contributed by atoms with Crippen molar-refractivity contribution in [3.63, 3.8) is 0 Å². The molecule has 1 amide bonds. The first-order valence-electron chi connectivity index (χ1n) is 5.56. The van der Waals surface area contributed by atoms with Crippen molar-refractivity contribution < 1.29 is 18.3 Å². The second-order valence-electron chi connectivity index (χ2n) is 3.83. The summed E-state index contributed by atoms with van der Waals surface area (Å²) >= 11 is 0. The maximum atomic E-state index is 13.5. The summed E-state index contributed by atoms with van der Waals surface area (Å²) in [6, 6.07) is 9.85. The molecule has 3 nitrogen and oxygen atoms in total. The van der Waals surface area contributed by atoms with E-state index < -0.39 is 17.4 Å². The normalized spacial score (nSPS) is 10.1. The van der Waals surface area contributed by atoms with Gasteiger partial charge < -0.3 is 10.1 Å². The third-order valence-corrected chi connectivity index (χ3v) is 2.33. The van der Waals surface area contributed by atoms with Crippen molar-refractivity contribution in [3.05, 3.63) is 54.1 Å². The lowest BCUT2D eigenvalue weighted by Crippen LogP contribution is -2.07. The van der Waals surface area contributed by atoms with Gasteiger partial charge in [0.1, 0.15) is 0 Å². The van der Waals surface area contributed by atoms with Gasteiger partial charge in [0.25, 0.3) is 0 Å². The van der Waals surface area contributed by atoms with Gasteiger partial charge >= 0.3 is 0 Å². The van der Waals surface area contributed by atoms with Crippen molar-refractivity contribution in [2.24, 2.45) is 0 Å². The highest BCUT2D eigenvalue weighted by molar-refractivity contribution is 5.90. The number of carbonyl (C=O) groups excluding carboxylic acids is 1. The third-order valence-electron chi connectivity index (χ3n) is 2.33. The fourth-order valence-corrected chi connectivity index (χ4v) is 1.54. The Morgan fingerprint density at radius 3 is 2.32 bits per heavy atom. The number of rotatable bonds is 3. The Hall–Kier alpha value is -2.43. The minimum Gasteiger partial charge on any atom is -0.449 e. The molecule has 2 aromatic rings. The Kier molecular flexibility index (Phi) is 3.75. The Balaban J connectivity index is 2.36. The molecule has 0 saturated heterocycles. The van der Waals surface area contributed by atoms with Crippen LogP contribution in [0.25, 0.3) is 0 Å². The monoisotopic (exact) mass is 263 g/mol. The third kappa shape index (κ3) is 3.07. The molecule has 0 aliphatic rings. The van der Waals surface area contributed by atoms with E-state index in [1.54, 1.807) is 18.2 Å². The maximum absolute atomic E-state index is 13.5. The lowest BCUT2D eigenvalue weighted by Gasteiger charge is -2.12. The molecule has 2 aromatic carbocycles. The van der Waals surface area contributed by atoms with Crippen LogP contribution in [0.2, 0.25) is 0 Å². The standard InChI is InChI=1S/C14H11F2NO2/c1-9(18)17-12-7-2-3-8-13(12)19-14-10(15)5-4-6-11(14)16/h2-8H,1H3,(H,17,18). The lowest BCUT2D eigenvalue weighted by molar-refractivity contribution is -0.114. The number of nitrogens with one attached hydrogen (secondary N) is 1. The van der Waals surface area contributed by atoms with Crippen LogP contribution < -0.4 is 10.1 Å². The van der Waals surface area contributed by atoms with Gasteiger partial charge in [-0.2, -0.15) is 0 Å². The van der Waals surface area contributed by atoms with Crippen molar-refractivity contribution in [2.75, 3.05) is 5.32 Å². The molecule has 2 rings (SSSR count). The molecular weight excluding hydrogens is 252 g/mol. The van der Waals surface area contributed by atoms with Crippen molar-refractivity contribution in [1.82, 2.24) is 0 Å². The number of hydrogen-bond acceptors (Lipinski definition) is 2. The first-order valence-corrected chi connectivity index (χ1v) is 5.56. The minimum atomic E-state index is -0.808. The van der Waals surface area contributed by atoms with Gasteiger partial charge in [-0.3, -0.25) is 4.79 Å². The summed E-state index contributed by atoms with van der Waals surface area (Å²) in [6.45, 7) is 1.33. The molecule has 0 atom stereocenters. The summed E-state index contributed by atoms with van der Waals surface area (Å²) in [5.74, 6) is -2.25. The van der Waals surface area contributed by atoms with E-state index >= 15 is 0 Å². The highest BCUT2D eigenvalue weighted by atomic mass is 19.1. The van der Waals surface area contributed by atoms with Crippen LogP contribution in [0, 0.1) is 11.6 Å². The maximum Gasteiger partial charge on any atom is 0.221 e. The quantitative estimate of drug-likeness (QED) is 0.916. The number of halogens is 2. The van der Waals surface area contributed by atoms with Gasteiger partial charge in [0.05, 0.1) is 5.69 Å². The van der Waals surface area contributed by atoms with Gasteiger partial charge in [-0.25, -0.2) is 8.78 Å². The first kappa shape index (κ1) is 13.0. The van der Waals surface area contributed by atoms with Crippen molar-refractivity contribution in [3.8, 4) is 11.5 Å². The largest absolute Gasteiger partial charge is 0.449 e. The molecule has 0 spiro atoms. The van der Waals surface area contributed by atoms with E-state index in [0.717, 1.165) is 12.1 Å². The summed E-state index contributed by atoms with van der Waals surface area (Å²) in [5, 5.41) is 2.52. The fourth-order valence-electron chi connectivity index (χ4n) is 1.54. The summed E-state index contributed by atoms with van der Waals surface area (Å²) in [4.78, 5) is 11.0. The Morgan fingerprint density at radius 2 is 1.68 bits per heavy atom. The molecule has 0 bridgehead atoms. The molecule has 0 fully saturated rings. The van der Waals surface area contributed by atoms with Crippen LogP contribution in [0.1, 0.15) is 6.92 Å². The van der Waals surface area contributed by atoms with Gasteiger partial charge in [-0.1, -0.05) is 18.2 Å². The average Bonchev–Trinajstić information content (AvgIpc) is 2.35. The molecule has 98 valence electrons. The summed E-state index contributed by atoms with van der Waals surface area (Å²) < 4.78 is 32.2. The molecule has 0 heterocycles. The van der Waals surface area contributed by atoms with Gasteiger partial charge in [-0.15, -0.1) is 0 Å². The highest BCUT2D eigenvalue weighted by Gasteiger charge is 2.13. The number of hydrogen-bond donors (Lipinski definition) is 1. The molecule has 1 N–H and O–H groups in total. The Labute approximate surface area is 108 Å². The van der Waals surface area contributed by atoms with E-state index in [-0.39, 0.29) is 11.7 Å². The molecule has 0 unspecified atom stereocenters. The zero-order chi connectivity index (χ0) is 13.8. The van der Waals surface area contributed by atoms with E-state index in [1.165, 1.54) is 19.1 Å². The Morgan fingerprint density at radius 1 is 1.05 bits per heavy atom. The molecule has 0 radical (unpaired) electrons. The number of anilines is 1. The molecule has 19 heavy (non-hydrogen) atoms. The fraction of sp³-hybridized carbons (Fsp3) is 0.0714. The van der Waals surface area contributed by atoms with Crippen molar-refractivity contribution in [1.29, 1.82) is 0 Å². The van der Waals surface area contributed by atoms with Crippen LogP contribution in [0.5, 0.6) is 11.5 Å². The topological polar surface area (TPSA) is 38.3 Å². The lowest BCUT2D eigenvalue weighted by atomic mass is 10.2. The molecular formula is C14H11F2NO2. The van der Waals surface area contributed by atoms with Crippen molar-refractivity contribution in [2.45, 2.75) is 6.92 Å². The number of benzene rings is 2. The average molecular weight is 263 g/mol. The van der Waals surface area contributed by atoms with E-state index in [1.807, 2.05) is 0 Å².